The molecule has 7 heteroatoms. The number of hydrogen-bond acceptors (Lipinski definition) is 6. The van der Waals surface area contributed by atoms with Crippen LogP contribution < -0.4 is 5.32 Å². The molecule has 0 aliphatic heterocycles. The van der Waals surface area contributed by atoms with E-state index in [0.717, 1.165) is 0 Å². The average Bonchev–Trinajstić information content (AvgIpc) is 2.66. The summed E-state index contributed by atoms with van der Waals surface area (Å²) in [5, 5.41) is 11.5. The predicted octanol–water partition coefficient (Wildman–Crippen LogP) is 2.38. The molecule has 0 aliphatic rings. The summed E-state index contributed by atoms with van der Waals surface area (Å²) >= 11 is 0. The molecule has 0 saturated heterocycles. The number of esters is 2. The lowest BCUT2D eigenvalue weighted by molar-refractivity contribution is 0.0587. The molecule has 0 aliphatic carbocycles. The van der Waals surface area contributed by atoms with Gasteiger partial charge in [0.15, 0.2) is 0 Å². The van der Waals surface area contributed by atoms with Crippen LogP contribution in [0.25, 0.3) is 0 Å². The number of amides is 1. The normalized spacial score (nSPS) is 9.64. The molecule has 2 aromatic carbocycles. The van der Waals surface area contributed by atoms with E-state index in [4.69, 9.17) is 5.26 Å². The Labute approximate surface area is 143 Å². The van der Waals surface area contributed by atoms with Crippen LogP contribution in [0.1, 0.15) is 36.6 Å². The molecule has 0 saturated carbocycles. The number of carbonyl (C=O) groups is 3. The number of ether oxygens (including phenoxy) is 2. The Morgan fingerprint density at radius 2 is 1.68 bits per heavy atom. The second-order valence-corrected chi connectivity index (χ2v) is 4.89. The molecule has 7 nitrogen and oxygen atoms in total. The van der Waals surface area contributed by atoms with Crippen LogP contribution in [0, 0.1) is 11.3 Å². The quantitative estimate of drug-likeness (QED) is 0.858. The van der Waals surface area contributed by atoms with E-state index in [1.165, 1.54) is 44.6 Å². The number of nitrogens with one attached hydrogen (secondary N) is 1. The molecule has 1 N–H and O–H groups in total. The monoisotopic (exact) mass is 338 g/mol. The lowest BCUT2D eigenvalue weighted by atomic mass is 10.1. The van der Waals surface area contributed by atoms with E-state index >= 15 is 0 Å². The zero-order valence-electron chi connectivity index (χ0n) is 13.5. The van der Waals surface area contributed by atoms with Crippen LogP contribution in [0.5, 0.6) is 0 Å². The molecule has 25 heavy (non-hydrogen) atoms. The van der Waals surface area contributed by atoms with Crippen LogP contribution in [0.4, 0.5) is 5.69 Å². The van der Waals surface area contributed by atoms with E-state index < -0.39 is 17.8 Å². The highest BCUT2D eigenvalue weighted by molar-refractivity contribution is 6.09. The summed E-state index contributed by atoms with van der Waals surface area (Å²) in [7, 11) is 2.43. The minimum Gasteiger partial charge on any atom is -0.465 e. The first-order chi connectivity index (χ1) is 12.0. The number of hydrogen-bond donors (Lipinski definition) is 1. The summed E-state index contributed by atoms with van der Waals surface area (Å²) in [5.74, 6) is -1.82. The van der Waals surface area contributed by atoms with E-state index in [9.17, 15) is 14.4 Å². The molecule has 0 radical (unpaired) electrons. The average molecular weight is 338 g/mol. The van der Waals surface area contributed by atoms with E-state index in [2.05, 4.69) is 14.8 Å². The lowest BCUT2D eigenvalue weighted by Crippen LogP contribution is -2.16. The molecule has 0 heterocycles. The molecule has 0 atom stereocenters. The summed E-state index contributed by atoms with van der Waals surface area (Å²) in [6.07, 6.45) is 0. The van der Waals surface area contributed by atoms with Crippen LogP contribution in [-0.2, 0) is 9.47 Å². The molecule has 2 rings (SSSR count). The number of nitriles is 1. The van der Waals surface area contributed by atoms with Gasteiger partial charge >= 0.3 is 11.9 Å². The number of nitrogens with zero attached hydrogens (tertiary/aromatic N) is 1. The van der Waals surface area contributed by atoms with Crippen molar-refractivity contribution in [3.63, 3.8) is 0 Å². The largest absolute Gasteiger partial charge is 0.465 e. The van der Waals surface area contributed by atoms with Gasteiger partial charge in [0, 0.05) is 5.56 Å². The van der Waals surface area contributed by atoms with Crippen LogP contribution in [-0.4, -0.2) is 32.1 Å². The van der Waals surface area contributed by atoms with E-state index in [1.54, 1.807) is 12.1 Å². The van der Waals surface area contributed by atoms with Gasteiger partial charge in [-0.05, 0) is 36.4 Å². The molecule has 0 aromatic heterocycles. The molecule has 126 valence electrons. The maximum atomic E-state index is 12.4. The summed E-state index contributed by atoms with van der Waals surface area (Å²) < 4.78 is 9.31. The van der Waals surface area contributed by atoms with E-state index in [0.29, 0.717) is 5.56 Å². The van der Waals surface area contributed by atoms with E-state index in [1.807, 2.05) is 6.07 Å². The Balaban J connectivity index is 2.41. The second kappa shape index (κ2) is 7.75. The molecule has 2 aromatic rings. The Bertz CT molecular complexity index is 883. The summed E-state index contributed by atoms with van der Waals surface area (Å²) in [6, 6.07) is 12.1. The molecule has 0 bridgehead atoms. The highest BCUT2D eigenvalue weighted by atomic mass is 16.5. The standard InChI is InChI=1S/C18H14N2O5/c1-24-17(22)13-6-7-14(18(23)25-2)15(9-13)20-16(21)12-5-3-4-11(8-12)10-19/h3-9H,1-2H3,(H,20,21). The molecular weight excluding hydrogens is 324 g/mol. The fourth-order valence-corrected chi connectivity index (χ4v) is 2.10. The first kappa shape index (κ1) is 17.7. The van der Waals surface area contributed by atoms with Gasteiger partial charge in [-0.2, -0.15) is 5.26 Å². The first-order valence-electron chi connectivity index (χ1n) is 7.12. The predicted molar refractivity (Wildman–Crippen MR) is 88.2 cm³/mol. The summed E-state index contributed by atoms with van der Waals surface area (Å²) in [4.78, 5) is 35.9. The van der Waals surface area contributed by atoms with Crippen molar-refractivity contribution in [1.29, 1.82) is 5.26 Å². The third-order valence-electron chi connectivity index (χ3n) is 3.35. The highest BCUT2D eigenvalue weighted by Crippen LogP contribution is 2.21. The number of rotatable bonds is 4. The van der Waals surface area contributed by atoms with Gasteiger partial charge in [-0.3, -0.25) is 4.79 Å². The van der Waals surface area contributed by atoms with Gasteiger partial charge < -0.3 is 14.8 Å². The Hall–Kier alpha value is -3.66. The summed E-state index contributed by atoms with van der Waals surface area (Å²) in [5.41, 5.74) is 0.903. The molecule has 1 amide bonds. The van der Waals surface area contributed by atoms with Gasteiger partial charge in [-0.1, -0.05) is 6.07 Å². The van der Waals surface area contributed by atoms with E-state index in [-0.39, 0.29) is 22.4 Å². The SMILES string of the molecule is COC(=O)c1ccc(C(=O)OC)c(NC(=O)c2cccc(C#N)c2)c1. The molecule has 0 fully saturated rings. The van der Waals surface area contributed by atoms with Gasteiger partial charge in [0.05, 0.1) is 42.7 Å². The first-order valence-corrected chi connectivity index (χ1v) is 7.12. The fourth-order valence-electron chi connectivity index (χ4n) is 2.10. The van der Waals surface area contributed by atoms with Gasteiger partial charge in [0.1, 0.15) is 0 Å². The van der Waals surface area contributed by atoms with Crippen molar-refractivity contribution in [3.8, 4) is 6.07 Å². The van der Waals surface area contributed by atoms with Crippen molar-refractivity contribution in [1.82, 2.24) is 0 Å². The molecular formula is C18H14N2O5. The highest BCUT2D eigenvalue weighted by Gasteiger charge is 2.18. The van der Waals surface area contributed by atoms with Crippen LogP contribution >= 0.6 is 0 Å². The second-order valence-electron chi connectivity index (χ2n) is 4.89. The lowest BCUT2D eigenvalue weighted by Gasteiger charge is -2.11. The Morgan fingerprint density at radius 3 is 2.32 bits per heavy atom. The minimum absolute atomic E-state index is 0.0833. The van der Waals surface area contributed by atoms with Gasteiger partial charge in [-0.15, -0.1) is 0 Å². The van der Waals surface area contributed by atoms with Crippen molar-refractivity contribution in [2.45, 2.75) is 0 Å². The van der Waals surface area contributed by atoms with Crippen LogP contribution in [0.2, 0.25) is 0 Å². The van der Waals surface area contributed by atoms with Crippen molar-refractivity contribution in [2.75, 3.05) is 19.5 Å². The zero-order valence-corrected chi connectivity index (χ0v) is 13.5. The number of carbonyl (C=O) groups excluding carboxylic acids is 3. The maximum absolute atomic E-state index is 12.4. The molecule has 0 unspecified atom stereocenters. The van der Waals surface area contributed by atoms with Crippen molar-refractivity contribution in [3.05, 3.63) is 64.7 Å². The maximum Gasteiger partial charge on any atom is 0.339 e. The Morgan fingerprint density at radius 1 is 0.960 bits per heavy atom. The smallest absolute Gasteiger partial charge is 0.339 e. The topological polar surface area (TPSA) is 105 Å². The van der Waals surface area contributed by atoms with Gasteiger partial charge in [0.25, 0.3) is 5.91 Å². The van der Waals surface area contributed by atoms with Gasteiger partial charge in [-0.25, -0.2) is 9.59 Å². The van der Waals surface area contributed by atoms with Crippen LogP contribution in [0.3, 0.4) is 0 Å². The third-order valence-corrected chi connectivity index (χ3v) is 3.35. The minimum atomic E-state index is -0.669. The Kier molecular flexibility index (Phi) is 5.48. The number of benzene rings is 2. The van der Waals surface area contributed by atoms with Crippen LogP contribution in [0.15, 0.2) is 42.5 Å². The number of anilines is 1. The summed E-state index contributed by atoms with van der Waals surface area (Å²) in [6.45, 7) is 0. The van der Waals surface area contributed by atoms with Crippen molar-refractivity contribution in [2.24, 2.45) is 0 Å². The zero-order chi connectivity index (χ0) is 18.4. The molecule has 0 spiro atoms. The number of methoxy groups -OCH3 is 2. The van der Waals surface area contributed by atoms with Gasteiger partial charge in [0.2, 0.25) is 0 Å². The third kappa shape index (κ3) is 4.00. The van der Waals surface area contributed by atoms with Crippen molar-refractivity contribution >= 4 is 23.5 Å². The van der Waals surface area contributed by atoms with Crippen molar-refractivity contribution < 1.29 is 23.9 Å². The fraction of sp³-hybridized carbons (Fsp3) is 0.111.